The number of hydrogen-bond acceptors (Lipinski definition) is 1. The van der Waals surface area contributed by atoms with Gasteiger partial charge < -0.3 is 15.1 Å². The third-order valence-corrected chi connectivity index (χ3v) is 5.25. The van der Waals surface area contributed by atoms with Gasteiger partial charge in [0.1, 0.15) is 32.7 Å². The quantitative estimate of drug-likeness (QED) is 0.717. The van der Waals surface area contributed by atoms with Crippen LogP contribution < -0.4 is 15.1 Å². The lowest BCUT2D eigenvalue weighted by Crippen LogP contribution is -3.28. The predicted molar refractivity (Wildman–Crippen MR) is 101 cm³/mol. The monoisotopic (exact) mass is 359 g/mol. The maximum absolute atomic E-state index is 12.3. The number of carbonyl (C=O) groups excluding carboxylic acids is 1. The number of halogens is 1. The van der Waals surface area contributed by atoms with Gasteiger partial charge in [-0.25, -0.2) is 0 Å². The first-order chi connectivity index (χ1) is 12.1. The molecule has 1 aliphatic heterocycles. The van der Waals surface area contributed by atoms with E-state index in [9.17, 15) is 4.79 Å². The van der Waals surface area contributed by atoms with E-state index in [-0.39, 0.29) is 5.91 Å². The van der Waals surface area contributed by atoms with Crippen molar-refractivity contribution in [2.45, 2.75) is 13.5 Å². The van der Waals surface area contributed by atoms with Crippen molar-refractivity contribution in [3.05, 3.63) is 64.7 Å². The van der Waals surface area contributed by atoms with Gasteiger partial charge in [-0.1, -0.05) is 48.0 Å². The summed E-state index contributed by atoms with van der Waals surface area (Å²) in [5.41, 5.74) is 3.48. The maximum Gasteiger partial charge on any atom is 0.279 e. The highest BCUT2D eigenvalue weighted by atomic mass is 35.5. The van der Waals surface area contributed by atoms with E-state index in [1.807, 2.05) is 18.2 Å². The minimum atomic E-state index is 0.0328. The number of anilines is 1. The Morgan fingerprint density at radius 3 is 2.36 bits per heavy atom. The smallest absolute Gasteiger partial charge is 0.279 e. The minimum Gasteiger partial charge on any atom is -0.322 e. The van der Waals surface area contributed by atoms with Gasteiger partial charge in [-0.05, 0) is 24.6 Å². The lowest BCUT2D eigenvalue weighted by molar-refractivity contribution is -1.02. The van der Waals surface area contributed by atoms with Crippen molar-refractivity contribution in [2.75, 3.05) is 38.0 Å². The lowest BCUT2D eigenvalue weighted by atomic mass is 10.1. The first kappa shape index (κ1) is 17.9. The number of quaternary nitrogens is 2. The summed E-state index contributed by atoms with van der Waals surface area (Å²) >= 11 is 6.10. The zero-order chi connectivity index (χ0) is 17.6. The molecule has 0 aromatic heterocycles. The van der Waals surface area contributed by atoms with Crippen LogP contribution in [0.15, 0.2) is 48.5 Å². The van der Waals surface area contributed by atoms with E-state index in [0.29, 0.717) is 17.3 Å². The van der Waals surface area contributed by atoms with Crippen molar-refractivity contribution in [1.82, 2.24) is 0 Å². The summed E-state index contributed by atoms with van der Waals surface area (Å²) in [5, 5.41) is 3.50. The second-order valence-electron chi connectivity index (χ2n) is 6.81. The summed E-state index contributed by atoms with van der Waals surface area (Å²) in [4.78, 5) is 15.2. The summed E-state index contributed by atoms with van der Waals surface area (Å²) in [6.07, 6.45) is 0. The molecule has 5 heteroatoms. The van der Waals surface area contributed by atoms with Gasteiger partial charge in [0.2, 0.25) is 0 Å². The second kappa shape index (κ2) is 8.48. The fourth-order valence-corrected chi connectivity index (χ4v) is 3.56. The van der Waals surface area contributed by atoms with Crippen LogP contribution >= 0.6 is 11.6 Å². The van der Waals surface area contributed by atoms with Crippen molar-refractivity contribution >= 4 is 23.2 Å². The van der Waals surface area contributed by atoms with E-state index < -0.39 is 0 Å². The summed E-state index contributed by atoms with van der Waals surface area (Å²) in [6.45, 7) is 8.00. The van der Waals surface area contributed by atoms with Crippen LogP contribution in [0, 0.1) is 6.92 Å². The Bertz CT molecular complexity index is 726. The van der Waals surface area contributed by atoms with Gasteiger partial charge >= 0.3 is 0 Å². The molecule has 2 aromatic carbocycles. The lowest BCUT2D eigenvalue weighted by Gasteiger charge is -2.29. The molecule has 1 amide bonds. The van der Waals surface area contributed by atoms with Gasteiger partial charge in [0.15, 0.2) is 6.54 Å². The van der Waals surface area contributed by atoms with E-state index in [4.69, 9.17) is 11.6 Å². The van der Waals surface area contributed by atoms with Crippen LogP contribution in [0.5, 0.6) is 0 Å². The predicted octanol–water partition coefficient (Wildman–Crippen LogP) is 0.571. The Morgan fingerprint density at radius 2 is 1.64 bits per heavy atom. The highest BCUT2D eigenvalue weighted by Crippen LogP contribution is 2.19. The largest absolute Gasteiger partial charge is 0.322 e. The summed E-state index contributed by atoms with van der Waals surface area (Å²) < 4.78 is 0. The Labute approximate surface area is 154 Å². The molecule has 0 saturated carbocycles. The molecule has 1 heterocycles. The van der Waals surface area contributed by atoms with Crippen LogP contribution in [0.2, 0.25) is 5.02 Å². The summed E-state index contributed by atoms with van der Waals surface area (Å²) in [6, 6.07) is 16.0. The molecule has 25 heavy (non-hydrogen) atoms. The third kappa shape index (κ3) is 5.05. The zero-order valence-electron chi connectivity index (χ0n) is 14.6. The zero-order valence-corrected chi connectivity index (χ0v) is 15.4. The molecule has 3 N–H and O–H groups in total. The Kier molecular flexibility index (Phi) is 6.08. The van der Waals surface area contributed by atoms with E-state index >= 15 is 0 Å². The van der Waals surface area contributed by atoms with Crippen LogP contribution in [0.25, 0.3) is 0 Å². The van der Waals surface area contributed by atoms with Crippen LogP contribution in [0.3, 0.4) is 0 Å². The van der Waals surface area contributed by atoms with Gasteiger partial charge in [0, 0.05) is 5.56 Å². The molecule has 3 rings (SSSR count). The first-order valence-electron chi connectivity index (χ1n) is 8.88. The van der Waals surface area contributed by atoms with Gasteiger partial charge in [0.05, 0.1) is 10.7 Å². The molecule has 1 fully saturated rings. The molecule has 1 aliphatic rings. The fourth-order valence-electron chi connectivity index (χ4n) is 3.37. The molecule has 0 radical (unpaired) electrons. The van der Waals surface area contributed by atoms with Crippen molar-refractivity contribution in [2.24, 2.45) is 0 Å². The minimum absolute atomic E-state index is 0.0328. The number of amides is 1. The highest BCUT2D eigenvalue weighted by molar-refractivity contribution is 6.33. The number of nitrogens with one attached hydrogen (secondary N) is 3. The normalized spacial score (nSPS) is 20.2. The molecule has 0 unspecified atom stereocenters. The van der Waals surface area contributed by atoms with E-state index in [0.717, 1.165) is 32.7 Å². The summed E-state index contributed by atoms with van der Waals surface area (Å²) in [7, 11) is 0. The number of piperazine rings is 1. The molecule has 0 spiro atoms. The molecule has 4 nitrogen and oxygen atoms in total. The van der Waals surface area contributed by atoms with Crippen molar-refractivity contribution in [3.63, 3.8) is 0 Å². The van der Waals surface area contributed by atoms with Gasteiger partial charge in [-0.2, -0.15) is 0 Å². The van der Waals surface area contributed by atoms with Crippen molar-refractivity contribution in [3.8, 4) is 0 Å². The number of aryl methyl sites for hydroxylation is 1. The number of carbonyl (C=O) groups is 1. The molecule has 2 aromatic rings. The molecule has 0 bridgehead atoms. The van der Waals surface area contributed by atoms with Gasteiger partial charge in [-0.3, -0.25) is 4.79 Å². The molecule has 0 atom stereocenters. The van der Waals surface area contributed by atoms with E-state index in [1.54, 1.807) is 11.0 Å². The molecule has 1 saturated heterocycles. The van der Waals surface area contributed by atoms with Crippen LogP contribution in [-0.4, -0.2) is 38.6 Å². The average molecular weight is 360 g/mol. The fraction of sp³-hybridized carbons (Fsp3) is 0.350. The van der Waals surface area contributed by atoms with Gasteiger partial charge in [-0.15, -0.1) is 0 Å². The second-order valence-corrected chi connectivity index (χ2v) is 7.22. The van der Waals surface area contributed by atoms with E-state index in [2.05, 4.69) is 36.5 Å². The highest BCUT2D eigenvalue weighted by Gasteiger charge is 2.25. The van der Waals surface area contributed by atoms with Crippen molar-refractivity contribution < 1.29 is 14.6 Å². The molecule has 132 valence electrons. The molecule has 0 aliphatic carbocycles. The molecular formula is C20H26ClN3O+2. The summed E-state index contributed by atoms with van der Waals surface area (Å²) in [5.74, 6) is 0.0328. The van der Waals surface area contributed by atoms with E-state index in [1.165, 1.54) is 16.0 Å². The van der Waals surface area contributed by atoms with Crippen LogP contribution in [0.1, 0.15) is 11.1 Å². The van der Waals surface area contributed by atoms with Crippen LogP contribution in [0.4, 0.5) is 5.69 Å². The van der Waals surface area contributed by atoms with Crippen LogP contribution in [-0.2, 0) is 11.3 Å². The average Bonchev–Trinajstić information content (AvgIpc) is 2.61. The standard InChI is InChI=1S/C20H24ClN3O/c1-16-6-2-3-7-17(16)14-23-10-12-24(13-11-23)15-20(25)22-19-9-5-4-8-18(19)21/h2-9H,10-15H2,1H3,(H,22,25)/p+2. The SMILES string of the molecule is Cc1ccccc1C[NH+]1CC[NH+](CC(=O)Nc2ccccc2Cl)CC1. The number of hydrogen-bond donors (Lipinski definition) is 3. The Hall–Kier alpha value is -1.88. The maximum atomic E-state index is 12.3. The number of rotatable bonds is 5. The number of benzene rings is 2. The third-order valence-electron chi connectivity index (χ3n) is 4.92. The topological polar surface area (TPSA) is 38.0 Å². The molecular weight excluding hydrogens is 334 g/mol. The van der Waals surface area contributed by atoms with Crippen molar-refractivity contribution in [1.29, 1.82) is 0 Å². The Morgan fingerprint density at radius 1 is 1.00 bits per heavy atom. The first-order valence-corrected chi connectivity index (χ1v) is 9.25. The van der Waals surface area contributed by atoms with Gasteiger partial charge in [0.25, 0.3) is 5.91 Å². The Balaban J connectivity index is 1.45. The number of para-hydroxylation sites is 1.